The molecule has 0 saturated carbocycles. The van der Waals surface area contributed by atoms with Gasteiger partial charge in [-0.05, 0) is 6.92 Å². The Kier molecular flexibility index (Phi) is 4.67. The fraction of sp³-hybridized carbons (Fsp3) is 0.571. The quantitative estimate of drug-likeness (QED) is 0.361. The second-order valence-electron chi connectivity index (χ2n) is 2.22. The Morgan fingerprint density at radius 1 is 1.58 bits per heavy atom. The molecule has 0 rings (SSSR count). The monoisotopic (exact) mass is 172 g/mol. The average molecular weight is 172 g/mol. The van der Waals surface area contributed by atoms with Crippen molar-refractivity contribution >= 4 is 18.3 Å². The zero-order valence-corrected chi connectivity index (χ0v) is 7.33. The van der Waals surface area contributed by atoms with Gasteiger partial charge in [0.25, 0.3) is 0 Å². The summed E-state index contributed by atoms with van der Waals surface area (Å²) in [5.74, 6) is -0.802. The van der Waals surface area contributed by atoms with E-state index < -0.39 is 12.0 Å². The van der Waals surface area contributed by atoms with E-state index in [9.17, 15) is 9.59 Å². The summed E-state index contributed by atoms with van der Waals surface area (Å²) < 4.78 is 4.51. The molecule has 0 heterocycles. The van der Waals surface area contributed by atoms with Crippen LogP contribution >= 0.6 is 0 Å². The summed E-state index contributed by atoms with van der Waals surface area (Å²) in [6.45, 7) is 2.87. The number of ether oxygens (including phenoxy) is 1. The molecule has 0 aromatic rings. The van der Waals surface area contributed by atoms with Gasteiger partial charge < -0.3 is 10.1 Å². The Balaban J connectivity index is 3.84. The fourth-order valence-corrected chi connectivity index (χ4v) is 0.571. The van der Waals surface area contributed by atoms with Gasteiger partial charge in [0.15, 0.2) is 6.40 Å². The first-order valence-corrected chi connectivity index (χ1v) is 3.46. The SMILES string of the molecule is CN=COC(=O)C(C)NC(C)=O. The van der Waals surface area contributed by atoms with Gasteiger partial charge in [0, 0.05) is 14.0 Å². The van der Waals surface area contributed by atoms with Crippen LogP contribution in [0.5, 0.6) is 0 Å². The Bertz CT molecular complexity index is 201. The summed E-state index contributed by atoms with van der Waals surface area (Å²) in [5, 5.41) is 2.38. The van der Waals surface area contributed by atoms with Crippen LogP contribution in [0.4, 0.5) is 0 Å². The summed E-state index contributed by atoms with van der Waals surface area (Å²) in [7, 11) is 1.48. The van der Waals surface area contributed by atoms with E-state index in [2.05, 4.69) is 15.0 Å². The maximum atomic E-state index is 10.9. The van der Waals surface area contributed by atoms with Crippen LogP contribution in [0.25, 0.3) is 0 Å². The van der Waals surface area contributed by atoms with Crippen molar-refractivity contribution < 1.29 is 14.3 Å². The summed E-state index contributed by atoms with van der Waals surface area (Å²) >= 11 is 0. The van der Waals surface area contributed by atoms with Crippen molar-refractivity contribution in [2.45, 2.75) is 19.9 Å². The van der Waals surface area contributed by atoms with Gasteiger partial charge in [-0.2, -0.15) is 0 Å². The average Bonchev–Trinajstić information content (AvgIpc) is 1.98. The minimum Gasteiger partial charge on any atom is -0.413 e. The van der Waals surface area contributed by atoms with Gasteiger partial charge in [-0.15, -0.1) is 0 Å². The van der Waals surface area contributed by atoms with E-state index in [-0.39, 0.29) is 5.91 Å². The Labute approximate surface area is 70.8 Å². The first-order chi connectivity index (χ1) is 5.57. The standard InChI is InChI=1S/C7H12N2O3/c1-5(9-6(2)10)7(11)12-4-8-3/h4-5H,1-3H3,(H,9,10). The molecule has 1 atom stereocenters. The van der Waals surface area contributed by atoms with Crippen LogP contribution in [0.2, 0.25) is 0 Å². The van der Waals surface area contributed by atoms with Crippen molar-refractivity contribution in [2.24, 2.45) is 4.99 Å². The second-order valence-corrected chi connectivity index (χ2v) is 2.22. The lowest BCUT2D eigenvalue weighted by molar-refractivity contribution is -0.139. The summed E-state index contributed by atoms with van der Waals surface area (Å²) in [6, 6.07) is -0.638. The molecule has 0 fully saturated rings. The molecule has 0 aliphatic rings. The van der Waals surface area contributed by atoms with E-state index >= 15 is 0 Å². The molecule has 0 saturated heterocycles. The van der Waals surface area contributed by atoms with Crippen molar-refractivity contribution in [3.05, 3.63) is 0 Å². The van der Waals surface area contributed by atoms with E-state index in [0.717, 1.165) is 6.40 Å². The molecule has 5 nitrogen and oxygen atoms in total. The minimum absolute atomic E-state index is 0.270. The van der Waals surface area contributed by atoms with Crippen molar-refractivity contribution in [3.8, 4) is 0 Å². The summed E-state index contributed by atoms with van der Waals surface area (Å²) in [4.78, 5) is 24.8. The number of carbonyl (C=O) groups is 2. The Morgan fingerprint density at radius 3 is 2.58 bits per heavy atom. The Hall–Kier alpha value is -1.39. The van der Waals surface area contributed by atoms with Crippen LogP contribution in [-0.2, 0) is 14.3 Å². The number of esters is 1. The van der Waals surface area contributed by atoms with Gasteiger partial charge in [-0.1, -0.05) is 0 Å². The lowest BCUT2D eigenvalue weighted by Gasteiger charge is -2.08. The zero-order valence-electron chi connectivity index (χ0n) is 7.33. The molecule has 1 amide bonds. The number of amides is 1. The highest BCUT2D eigenvalue weighted by Crippen LogP contribution is 1.85. The highest BCUT2D eigenvalue weighted by Gasteiger charge is 2.13. The van der Waals surface area contributed by atoms with Gasteiger partial charge in [0.05, 0.1) is 0 Å². The number of aliphatic imine (C=N–C) groups is 1. The third-order valence-corrected chi connectivity index (χ3v) is 1.05. The lowest BCUT2D eigenvalue weighted by atomic mass is 10.3. The molecule has 0 aromatic heterocycles. The molecule has 0 radical (unpaired) electrons. The lowest BCUT2D eigenvalue weighted by Crippen LogP contribution is -2.38. The largest absolute Gasteiger partial charge is 0.413 e. The van der Waals surface area contributed by atoms with Crippen LogP contribution in [0.3, 0.4) is 0 Å². The van der Waals surface area contributed by atoms with Gasteiger partial charge in [0.2, 0.25) is 5.91 Å². The van der Waals surface area contributed by atoms with Crippen LogP contribution in [-0.4, -0.2) is 31.4 Å². The maximum Gasteiger partial charge on any atom is 0.334 e. The molecule has 68 valence electrons. The molecule has 0 bridgehead atoms. The first kappa shape index (κ1) is 10.6. The minimum atomic E-state index is -0.638. The predicted octanol–water partition coefficient (Wildman–Crippen LogP) is -0.288. The molecule has 0 aliphatic heterocycles. The highest BCUT2D eigenvalue weighted by molar-refractivity contribution is 5.86. The predicted molar refractivity (Wildman–Crippen MR) is 43.8 cm³/mol. The maximum absolute atomic E-state index is 10.9. The molecule has 1 N–H and O–H groups in total. The highest BCUT2D eigenvalue weighted by atomic mass is 16.5. The summed E-state index contributed by atoms with van der Waals surface area (Å²) in [6.07, 6.45) is 1.03. The van der Waals surface area contributed by atoms with Gasteiger partial charge >= 0.3 is 5.97 Å². The molecule has 12 heavy (non-hydrogen) atoms. The Morgan fingerprint density at radius 2 is 2.17 bits per heavy atom. The number of nitrogens with one attached hydrogen (secondary N) is 1. The van der Waals surface area contributed by atoms with Gasteiger partial charge in [-0.25, -0.2) is 4.79 Å². The molecular formula is C7H12N2O3. The van der Waals surface area contributed by atoms with Crippen molar-refractivity contribution in [2.75, 3.05) is 7.05 Å². The van der Waals surface area contributed by atoms with E-state index in [4.69, 9.17) is 0 Å². The number of nitrogens with zero attached hydrogens (tertiary/aromatic N) is 1. The topological polar surface area (TPSA) is 67.8 Å². The van der Waals surface area contributed by atoms with Crippen molar-refractivity contribution in [1.82, 2.24) is 5.32 Å². The zero-order chi connectivity index (χ0) is 9.56. The van der Waals surface area contributed by atoms with Crippen molar-refractivity contribution in [3.63, 3.8) is 0 Å². The molecule has 1 unspecified atom stereocenters. The molecule has 5 heteroatoms. The number of rotatable bonds is 3. The number of hydrogen-bond donors (Lipinski definition) is 1. The second kappa shape index (κ2) is 5.29. The van der Waals surface area contributed by atoms with E-state index in [1.165, 1.54) is 20.9 Å². The van der Waals surface area contributed by atoms with E-state index in [0.29, 0.717) is 0 Å². The number of hydrogen-bond acceptors (Lipinski definition) is 4. The van der Waals surface area contributed by atoms with Crippen molar-refractivity contribution in [1.29, 1.82) is 0 Å². The third-order valence-electron chi connectivity index (χ3n) is 1.05. The molecule has 0 aliphatic carbocycles. The fourth-order valence-electron chi connectivity index (χ4n) is 0.571. The number of carbonyl (C=O) groups excluding carboxylic acids is 2. The molecular weight excluding hydrogens is 160 g/mol. The first-order valence-electron chi connectivity index (χ1n) is 3.46. The van der Waals surface area contributed by atoms with Crippen LogP contribution in [0.15, 0.2) is 4.99 Å². The van der Waals surface area contributed by atoms with Gasteiger partial charge in [0.1, 0.15) is 6.04 Å². The van der Waals surface area contributed by atoms with Crippen LogP contribution in [0.1, 0.15) is 13.8 Å². The van der Waals surface area contributed by atoms with Gasteiger partial charge in [-0.3, -0.25) is 9.79 Å². The van der Waals surface area contributed by atoms with Crippen LogP contribution < -0.4 is 5.32 Å². The summed E-state index contributed by atoms with van der Waals surface area (Å²) in [5.41, 5.74) is 0. The molecule has 0 spiro atoms. The van der Waals surface area contributed by atoms with E-state index in [1.54, 1.807) is 0 Å². The smallest absolute Gasteiger partial charge is 0.334 e. The third kappa shape index (κ3) is 4.43. The van der Waals surface area contributed by atoms with E-state index in [1.807, 2.05) is 0 Å². The molecule has 0 aromatic carbocycles. The normalized spacial score (nSPS) is 12.6. The van der Waals surface area contributed by atoms with Crippen LogP contribution in [0, 0.1) is 0 Å².